The van der Waals surface area contributed by atoms with Crippen LogP contribution in [-0.2, 0) is 47.0 Å². The van der Waals surface area contributed by atoms with Crippen molar-refractivity contribution in [1.82, 2.24) is 29.7 Å². The molecule has 2 aromatic heterocycles. The number of nitrogens with one attached hydrogen (secondary N) is 4. The van der Waals surface area contributed by atoms with Crippen LogP contribution in [0.5, 0.6) is 5.75 Å². The van der Waals surface area contributed by atoms with Gasteiger partial charge in [-0.25, -0.2) is 9.97 Å². The Morgan fingerprint density at radius 2 is 1.67 bits per heavy atom. The molecule has 0 spiro atoms. The minimum atomic E-state index is -0.745. The van der Waals surface area contributed by atoms with Crippen molar-refractivity contribution in [1.29, 1.82) is 0 Å². The van der Waals surface area contributed by atoms with Crippen LogP contribution in [0, 0.1) is 0 Å². The van der Waals surface area contributed by atoms with Gasteiger partial charge in [0.15, 0.2) is 0 Å². The van der Waals surface area contributed by atoms with Crippen LogP contribution in [0.4, 0.5) is 28.7 Å². The van der Waals surface area contributed by atoms with Gasteiger partial charge in [0, 0.05) is 98.4 Å². The molecule has 1 unspecified atom stereocenters. The first kappa shape index (κ1) is 47.8. The summed E-state index contributed by atoms with van der Waals surface area (Å²) in [5, 5.41) is 12.4. The van der Waals surface area contributed by atoms with Crippen molar-refractivity contribution in [2.45, 2.75) is 25.4 Å². The quantitative estimate of drug-likeness (QED) is 0.0409. The second-order valence-corrected chi connectivity index (χ2v) is 16.1. The van der Waals surface area contributed by atoms with Crippen molar-refractivity contribution >= 4 is 69.1 Å². The minimum absolute atomic E-state index is 0.146. The lowest BCUT2D eigenvalue weighted by Gasteiger charge is -2.29. The van der Waals surface area contributed by atoms with E-state index < -0.39 is 17.9 Å². The van der Waals surface area contributed by atoms with Crippen LogP contribution < -0.4 is 30.9 Å². The molecule has 19 heteroatoms. The number of nitrogens with zero attached hydrogens (tertiary/aromatic N) is 6. The number of hydrogen-bond acceptors (Lipinski definition) is 14. The summed E-state index contributed by atoms with van der Waals surface area (Å²) in [7, 11) is 7.53. The molecule has 2 aliphatic heterocycles. The third-order valence-electron chi connectivity index (χ3n) is 11.5. The molecule has 1 fully saturated rings. The Kier molecular flexibility index (Phi) is 15.9. The van der Waals surface area contributed by atoms with Crippen LogP contribution in [0.25, 0.3) is 22.2 Å². The van der Waals surface area contributed by atoms with Crippen molar-refractivity contribution in [3.8, 4) is 17.0 Å². The Morgan fingerprint density at radius 3 is 2.45 bits per heavy atom. The number of para-hydroxylation sites is 1. The number of rotatable bonds is 23. The number of aryl methyl sites for hydroxylation is 1. The average molecular weight is 917 g/mol. The number of ether oxygens (including phenoxy) is 4. The Balaban J connectivity index is 0.807. The standard InChI is InChI=1S/C48H56N10O9/c1-6-43(59)51-37-26-38(53-48-49-17-16-36(52-48)33-28-57(4)39-13-8-7-10-31(33)39)42(64-5)27-41(37)56(3)19-18-55(2)20-21-65-22-23-66-24-25-67-30-45(61)50-35-12-9-11-32-34(35)29-58(47(32)63)40-14-15-44(60)54-46(40)62/h6-13,16-17,26-28,40H,1,14-15,18-25,29-30H2,2-5H3,(H,50,61)(H,51,59)(H,49,52,53)(H,54,60,62). The highest BCUT2D eigenvalue weighted by atomic mass is 16.5. The average Bonchev–Trinajstić information content (AvgIpc) is 3.85. The Bertz CT molecular complexity index is 2630. The van der Waals surface area contributed by atoms with Crippen LogP contribution >= 0.6 is 0 Å². The molecule has 1 saturated heterocycles. The highest BCUT2D eigenvalue weighted by Gasteiger charge is 2.40. The van der Waals surface area contributed by atoms with Gasteiger partial charge in [-0.3, -0.25) is 29.3 Å². The number of benzene rings is 3. The van der Waals surface area contributed by atoms with Crippen molar-refractivity contribution in [2.24, 2.45) is 7.05 Å². The first-order chi connectivity index (χ1) is 32.4. The number of piperidine rings is 1. The van der Waals surface area contributed by atoms with Crippen LogP contribution in [-0.4, -0.2) is 140 Å². The molecule has 0 aliphatic carbocycles. The molecule has 4 N–H and O–H groups in total. The van der Waals surface area contributed by atoms with Gasteiger partial charge in [-0.15, -0.1) is 0 Å². The van der Waals surface area contributed by atoms with Crippen LogP contribution in [0.15, 0.2) is 85.7 Å². The summed E-state index contributed by atoms with van der Waals surface area (Å²) in [5.41, 5.74) is 6.19. The maximum absolute atomic E-state index is 13.1. The lowest BCUT2D eigenvalue weighted by Crippen LogP contribution is -2.52. The van der Waals surface area contributed by atoms with Crippen molar-refractivity contribution in [2.75, 3.05) is 101 Å². The number of hydrogen-bond donors (Lipinski definition) is 4. The van der Waals surface area contributed by atoms with Gasteiger partial charge in [-0.1, -0.05) is 30.8 Å². The molecular weight excluding hydrogens is 861 g/mol. The van der Waals surface area contributed by atoms with Crippen molar-refractivity contribution < 1.29 is 42.9 Å². The summed E-state index contributed by atoms with van der Waals surface area (Å²) in [6.45, 7) is 7.22. The van der Waals surface area contributed by atoms with E-state index in [9.17, 15) is 24.0 Å². The molecule has 4 heterocycles. The third-order valence-corrected chi connectivity index (χ3v) is 11.5. The Labute approximate surface area is 388 Å². The van der Waals surface area contributed by atoms with E-state index in [2.05, 4.69) is 54.4 Å². The normalized spacial score (nSPS) is 14.6. The molecule has 7 rings (SSSR count). The maximum Gasteiger partial charge on any atom is 0.255 e. The predicted octanol–water partition coefficient (Wildman–Crippen LogP) is 4.33. The number of likely N-dealkylation sites (N-methyl/N-ethyl adjacent to an activating group) is 2. The zero-order chi connectivity index (χ0) is 47.5. The number of carbonyl (C=O) groups is 5. The topological polar surface area (TPSA) is 211 Å². The molecule has 352 valence electrons. The fourth-order valence-electron chi connectivity index (χ4n) is 7.94. The lowest BCUT2D eigenvalue weighted by molar-refractivity contribution is -0.137. The second-order valence-electron chi connectivity index (χ2n) is 16.1. The number of aromatic nitrogens is 3. The minimum Gasteiger partial charge on any atom is -0.494 e. The molecule has 0 saturated carbocycles. The van der Waals surface area contributed by atoms with Crippen LogP contribution in [0.3, 0.4) is 0 Å². The number of imide groups is 1. The summed E-state index contributed by atoms with van der Waals surface area (Å²) in [6.07, 6.45) is 5.38. The molecule has 0 radical (unpaired) electrons. The first-order valence-corrected chi connectivity index (χ1v) is 21.9. The van der Waals surface area contributed by atoms with Gasteiger partial charge in [-0.2, -0.15) is 0 Å². The number of carbonyl (C=O) groups excluding carboxylic acids is 5. The van der Waals surface area contributed by atoms with Crippen LogP contribution in [0.2, 0.25) is 0 Å². The fraction of sp³-hybridized carbons (Fsp3) is 0.354. The van der Waals surface area contributed by atoms with Gasteiger partial charge in [0.25, 0.3) is 5.91 Å². The zero-order valence-electron chi connectivity index (χ0n) is 38.1. The zero-order valence-corrected chi connectivity index (χ0v) is 38.1. The smallest absolute Gasteiger partial charge is 0.255 e. The van der Waals surface area contributed by atoms with E-state index >= 15 is 0 Å². The summed E-state index contributed by atoms with van der Waals surface area (Å²) < 4.78 is 24.8. The van der Waals surface area contributed by atoms with Gasteiger partial charge in [0.1, 0.15) is 18.4 Å². The van der Waals surface area contributed by atoms with Crippen molar-refractivity contribution in [3.05, 3.63) is 96.8 Å². The van der Waals surface area contributed by atoms with Gasteiger partial charge in [-0.05, 0) is 49.9 Å². The molecule has 19 nitrogen and oxygen atoms in total. The summed E-state index contributed by atoms with van der Waals surface area (Å²) in [5.74, 6) is -1.02. The van der Waals surface area contributed by atoms with Gasteiger partial charge < -0.3 is 54.2 Å². The predicted molar refractivity (Wildman–Crippen MR) is 253 cm³/mol. The molecular formula is C48H56N10O9. The molecule has 3 aromatic carbocycles. The third kappa shape index (κ3) is 11.8. The summed E-state index contributed by atoms with van der Waals surface area (Å²) >= 11 is 0. The van der Waals surface area contributed by atoms with Gasteiger partial charge >= 0.3 is 0 Å². The summed E-state index contributed by atoms with van der Waals surface area (Å²) in [6, 6.07) is 18.0. The van der Waals surface area contributed by atoms with Crippen LogP contribution in [0.1, 0.15) is 28.8 Å². The second kappa shape index (κ2) is 22.3. The van der Waals surface area contributed by atoms with Crippen molar-refractivity contribution in [3.63, 3.8) is 0 Å². The SMILES string of the molecule is C=CC(=O)Nc1cc(Nc2nccc(-c3cn(C)c4ccccc34)n2)c(OC)cc1N(C)CCN(C)CCOCCOCCOCC(=O)Nc1cccc2c1CN(C1CCC(=O)NC1=O)C2=O. The highest BCUT2D eigenvalue weighted by molar-refractivity contribution is 6.07. The highest BCUT2D eigenvalue weighted by Crippen LogP contribution is 2.39. The number of methoxy groups -OCH3 is 1. The van der Waals surface area contributed by atoms with E-state index in [0.717, 1.165) is 27.8 Å². The molecule has 67 heavy (non-hydrogen) atoms. The monoisotopic (exact) mass is 916 g/mol. The maximum atomic E-state index is 13.1. The molecule has 5 amide bonds. The summed E-state index contributed by atoms with van der Waals surface area (Å²) in [4.78, 5) is 77.2. The van der Waals surface area contributed by atoms with E-state index in [1.165, 1.54) is 11.0 Å². The van der Waals surface area contributed by atoms with E-state index in [1.54, 1.807) is 37.6 Å². The first-order valence-electron chi connectivity index (χ1n) is 21.9. The largest absolute Gasteiger partial charge is 0.494 e. The number of fused-ring (bicyclic) bond motifs is 2. The van der Waals surface area contributed by atoms with E-state index in [1.807, 2.05) is 56.5 Å². The van der Waals surface area contributed by atoms with E-state index in [0.29, 0.717) is 79.3 Å². The molecule has 1 atom stereocenters. The lowest BCUT2D eigenvalue weighted by atomic mass is 10.0. The van der Waals surface area contributed by atoms with Gasteiger partial charge in [0.2, 0.25) is 29.6 Å². The Hall–Kier alpha value is -7.19. The number of anilines is 5. The Morgan fingerprint density at radius 1 is 0.896 bits per heavy atom. The van der Waals surface area contributed by atoms with E-state index in [-0.39, 0.29) is 56.9 Å². The molecule has 2 aliphatic rings. The van der Waals surface area contributed by atoms with E-state index in [4.69, 9.17) is 23.9 Å². The fourth-order valence-corrected chi connectivity index (χ4v) is 7.94. The molecule has 5 aromatic rings. The molecule has 0 bridgehead atoms. The van der Waals surface area contributed by atoms with Gasteiger partial charge in [0.05, 0.1) is 62.9 Å². The number of amides is 5.